The number of nitrogens with one attached hydrogen (secondary N) is 1. The molecule has 0 atom stereocenters. The summed E-state index contributed by atoms with van der Waals surface area (Å²) in [5.74, 6) is -1.34. The molecule has 0 unspecified atom stereocenters. The molecule has 2 rings (SSSR count). The zero-order chi connectivity index (χ0) is 18.0. The molecular formula is C14H16ClF3N2O3S. The summed E-state index contributed by atoms with van der Waals surface area (Å²) in [5, 5.41) is 0.214. The zero-order valence-electron chi connectivity index (χ0n) is 12.5. The first kappa shape index (κ1) is 19.0. The SMILES string of the molecule is O=C(NS(=O)(=O)c1cccc(Cl)c1)C1CCN(CC(F)(F)F)CC1. The quantitative estimate of drug-likeness (QED) is 0.865. The fraction of sp³-hybridized carbons (Fsp3) is 0.500. The zero-order valence-corrected chi connectivity index (χ0v) is 14.1. The Morgan fingerprint density at radius 1 is 1.29 bits per heavy atom. The van der Waals surface area contributed by atoms with Crippen LogP contribution in [0.15, 0.2) is 29.2 Å². The van der Waals surface area contributed by atoms with Crippen LogP contribution in [-0.4, -0.2) is 45.0 Å². The molecule has 0 radical (unpaired) electrons. The van der Waals surface area contributed by atoms with Crippen molar-refractivity contribution in [3.05, 3.63) is 29.3 Å². The number of amides is 1. The Morgan fingerprint density at radius 3 is 2.46 bits per heavy atom. The van der Waals surface area contributed by atoms with Crippen LogP contribution >= 0.6 is 11.6 Å². The highest BCUT2D eigenvalue weighted by molar-refractivity contribution is 7.90. The second-order valence-electron chi connectivity index (χ2n) is 5.59. The van der Waals surface area contributed by atoms with Crippen molar-refractivity contribution < 1.29 is 26.4 Å². The fourth-order valence-corrected chi connectivity index (χ4v) is 3.86. The van der Waals surface area contributed by atoms with E-state index in [1.165, 1.54) is 29.2 Å². The Labute approximate surface area is 142 Å². The predicted molar refractivity (Wildman–Crippen MR) is 82.0 cm³/mol. The summed E-state index contributed by atoms with van der Waals surface area (Å²) in [4.78, 5) is 13.2. The van der Waals surface area contributed by atoms with Gasteiger partial charge < -0.3 is 0 Å². The van der Waals surface area contributed by atoms with Gasteiger partial charge in [-0.2, -0.15) is 13.2 Å². The molecule has 0 bridgehead atoms. The Balaban J connectivity index is 1.94. The van der Waals surface area contributed by atoms with Crippen LogP contribution in [0.2, 0.25) is 5.02 Å². The molecule has 1 aliphatic rings. The molecule has 0 aromatic heterocycles. The second kappa shape index (κ2) is 7.28. The Morgan fingerprint density at radius 2 is 1.92 bits per heavy atom. The molecule has 1 heterocycles. The lowest BCUT2D eigenvalue weighted by Gasteiger charge is -2.31. The average molecular weight is 385 g/mol. The van der Waals surface area contributed by atoms with Crippen molar-refractivity contribution in [3.63, 3.8) is 0 Å². The number of hydrogen-bond acceptors (Lipinski definition) is 4. The first-order valence-corrected chi connectivity index (χ1v) is 9.04. The summed E-state index contributed by atoms with van der Waals surface area (Å²) in [6.45, 7) is -0.841. The molecule has 1 amide bonds. The maximum absolute atomic E-state index is 12.3. The molecule has 10 heteroatoms. The number of hydrogen-bond donors (Lipinski definition) is 1. The highest BCUT2D eigenvalue weighted by Gasteiger charge is 2.34. The summed E-state index contributed by atoms with van der Waals surface area (Å²) < 4.78 is 63.2. The topological polar surface area (TPSA) is 66.5 Å². The van der Waals surface area contributed by atoms with Gasteiger partial charge in [0.15, 0.2) is 0 Å². The van der Waals surface area contributed by atoms with E-state index in [0.717, 1.165) is 0 Å². The summed E-state index contributed by atoms with van der Waals surface area (Å²) in [6, 6.07) is 5.45. The number of carbonyl (C=O) groups is 1. The molecule has 1 fully saturated rings. The summed E-state index contributed by atoms with van der Waals surface area (Å²) >= 11 is 5.73. The molecule has 0 spiro atoms. The third kappa shape index (κ3) is 5.35. The van der Waals surface area contributed by atoms with Crippen molar-refractivity contribution in [2.45, 2.75) is 23.9 Å². The van der Waals surface area contributed by atoms with Crippen molar-refractivity contribution in [3.8, 4) is 0 Å². The Kier molecular flexibility index (Phi) is 5.77. The number of carbonyl (C=O) groups excluding carboxylic acids is 1. The molecule has 1 aromatic rings. The van der Waals surface area contributed by atoms with E-state index in [4.69, 9.17) is 11.6 Å². The van der Waals surface area contributed by atoms with Gasteiger partial charge in [0.25, 0.3) is 10.0 Å². The molecule has 5 nitrogen and oxygen atoms in total. The summed E-state index contributed by atoms with van der Waals surface area (Å²) in [6.07, 6.45) is -3.94. The van der Waals surface area contributed by atoms with Gasteiger partial charge in [-0.05, 0) is 44.1 Å². The van der Waals surface area contributed by atoms with E-state index in [1.807, 2.05) is 4.72 Å². The van der Waals surface area contributed by atoms with Gasteiger partial charge in [0.1, 0.15) is 0 Å². The molecule has 1 N–H and O–H groups in total. The number of benzene rings is 1. The summed E-state index contributed by atoms with van der Waals surface area (Å²) in [5.41, 5.74) is 0. The number of nitrogens with zero attached hydrogens (tertiary/aromatic N) is 1. The molecule has 134 valence electrons. The normalized spacial score (nSPS) is 17.7. The van der Waals surface area contributed by atoms with Crippen molar-refractivity contribution in [1.82, 2.24) is 9.62 Å². The van der Waals surface area contributed by atoms with E-state index in [9.17, 15) is 26.4 Å². The highest BCUT2D eigenvalue weighted by atomic mass is 35.5. The van der Waals surface area contributed by atoms with Crippen LogP contribution in [0.3, 0.4) is 0 Å². The van der Waals surface area contributed by atoms with Crippen LogP contribution in [0.4, 0.5) is 13.2 Å². The van der Waals surface area contributed by atoms with E-state index < -0.39 is 34.6 Å². The maximum Gasteiger partial charge on any atom is 0.401 e. The van der Waals surface area contributed by atoms with Gasteiger partial charge in [0.2, 0.25) is 5.91 Å². The minimum Gasteiger partial charge on any atom is -0.295 e. The lowest BCUT2D eigenvalue weighted by atomic mass is 9.96. The molecule has 0 aliphatic carbocycles. The van der Waals surface area contributed by atoms with Gasteiger partial charge in [-0.15, -0.1) is 0 Å². The van der Waals surface area contributed by atoms with Crippen LogP contribution < -0.4 is 4.72 Å². The minimum absolute atomic E-state index is 0.0921. The second-order valence-corrected chi connectivity index (χ2v) is 7.71. The lowest BCUT2D eigenvalue weighted by molar-refractivity contribution is -0.149. The standard InChI is InChI=1S/C14H16ClF3N2O3S/c15-11-2-1-3-12(8-11)24(22,23)19-13(21)10-4-6-20(7-5-10)9-14(16,17)18/h1-3,8,10H,4-7,9H2,(H,19,21). The van der Waals surface area contributed by atoms with Gasteiger partial charge in [-0.3, -0.25) is 9.69 Å². The number of piperidine rings is 1. The number of halogens is 4. The van der Waals surface area contributed by atoms with Crippen LogP contribution in [0.5, 0.6) is 0 Å². The summed E-state index contributed by atoms with van der Waals surface area (Å²) in [7, 11) is -4.05. The lowest BCUT2D eigenvalue weighted by Crippen LogP contribution is -2.44. The Hall–Kier alpha value is -1.32. The van der Waals surface area contributed by atoms with Crippen molar-refractivity contribution in [2.24, 2.45) is 5.92 Å². The van der Waals surface area contributed by atoms with Crippen molar-refractivity contribution in [1.29, 1.82) is 0 Å². The molecule has 24 heavy (non-hydrogen) atoms. The number of rotatable bonds is 4. The van der Waals surface area contributed by atoms with Crippen molar-refractivity contribution in [2.75, 3.05) is 19.6 Å². The van der Waals surface area contributed by atoms with E-state index in [2.05, 4.69) is 0 Å². The molecule has 1 aliphatic heterocycles. The monoisotopic (exact) mass is 384 g/mol. The fourth-order valence-electron chi connectivity index (χ4n) is 2.52. The van der Waals surface area contributed by atoms with Gasteiger partial charge in [0, 0.05) is 10.9 Å². The Bertz CT molecular complexity index is 701. The predicted octanol–water partition coefficient (Wildman–Crippen LogP) is 2.42. The molecule has 1 aromatic carbocycles. The van der Waals surface area contributed by atoms with E-state index in [1.54, 1.807) is 0 Å². The van der Waals surface area contributed by atoms with Gasteiger partial charge in [-0.25, -0.2) is 13.1 Å². The third-order valence-electron chi connectivity index (χ3n) is 3.70. The average Bonchev–Trinajstić information content (AvgIpc) is 2.46. The maximum atomic E-state index is 12.3. The minimum atomic E-state index is -4.29. The number of alkyl halides is 3. The van der Waals surface area contributed by atoms with E-state index >= 15 is 0 Å². The van der Waals surface area contributed by atoms with Crippen LogP contribution in [0, 0.1) is 5.92 Å². The van der Waals surface area contributed by atoms with E-state index in [-0.39, 0.29) is 35.8 Å². The first-order chi connectivity index (χ1) is 11.1. The smallest absolute Gasteiger partial charge is 0.295 e. The van der Waals surface area contributed by atoms with Crippen LogP contribution in [0.1, 0.15) is 12.8 Å². The molecular weight excluding hydrogens is 369 g/mol. The van der Waals surface area contributed by atoms with Crippen LogP contribution in [-0.2, 0) is 14.8 Å². The van der Waals surface area contributed by atoms with Gasteiger partial charge in [0.05, 0.1) is 11.4 Å². The van der Waals surface area contributed by atoms with Gasteiger partial charge >= 0.3 is 6.18 Å². The van der Waals surface area contributed by atoms with Crippen LogP contribution in [0.25, 0.3) is 0 Å². The third-order valence-corrected chi connectivity index (χ3v) is 5.28. The molecule has 1 saturated heterocycles. The van der Waals surface area contributed by atoms with Gasteiger partial charge in [-0.1, -0.05) is 17.7 Å². The van der Waals surface area contributed by atoms with E-state index in [0.29, 0.717) is 0 Å². The number of sulfonamides is 1. The number of likely N-dealkylation sites (tertiary alicyclic amines) is 1. The first-order valence-electron chi connectivity index (χ1n) is 7.18. The molecule has 0 saturated carbocycles. The largest absolute Gasteiger partial charge is 0.401 e. The van der Waals surface area contributed by atoms with Crippen molar-refractivity contribution >= 4 is 27.5 Å². The highest BCUT2D eigenvalue weighted by Crippen LogP contribution is 2.23.